The van der Waals surface area contributed by atoms with Gasteiger partial charge in [-0.05, 0) is 31.9 Å². The van der Waals surface area contributed by atoms with Gasteiger partial charge in [-0.15, -0.1) is 0 Å². The third-order valence-corrected chi connectivity index (χ3v) is 3.37. The fourth-order valence-electron chi connectivity index (χ4n) is 2.30. The standard InChI is InChI=1S/C13H19NS/c1-13(15)8-5-9-14(11-13)10-12-6-3-2-4-7-12/h2-4,6-7,15H,5,8-11H2,1H3/t13-/m0/s1. The molecule has 1 fully saturated rings. The number of likely N-dealkylation sites (tertiary alicyclic amines) is 1. The highest BCUT2D eigenvalue weighted by molar-refractivity contribution is 7.81. The maximum absolute atomic E-state index is 4.70. The summed E-state index contributed by atoms with van der Waals surface area (Å²) in [5.41, 5.74) is 1.41. The van der Waals surface area contributed by atoms with Crippen LogP contribution in [-0.2, 0) is 6.54 Å². The molecule has 0 spiro atoms. The average molecular weight is 221 g/mol. The van der Waals surface area contributed by atoms with Crippen molar-refractivity contribution in [3.63, 3.8) is 0 Å². The SMILES string of the molecule is C[C@]1(S)CCCN(Cc2ccccc2)C1. The van der Waals surface area contributed by atoms with Crippen molar-refractivity contribution in [3.8, 4) is 0 Å². The Bertz CT molecular complexity index is 308. The topological polar surface area (TPSA) is 3.24 Å². The van der Waals surface area contributed by atoms with E-state index in [-0.39, 0.29) is 4.75 Å². The number of piperidine rings is 1. The minimum absolute atomic E-state index is 0.201. The predicted octanol–water partition coefficient (Wildman–Crippen LogP) is 2.97. The normalized spacial score (nSPS) is 27.9. The van der Waals surface area contributed by atoms with Crippen molar-refractivity contribution in [2.45, 2.75) is 31.1 Å². The average Bonchev–Trinajstić information content (AvgIpc) is 2.17. The summed E-state index contributed by atoms with van der Waals surface area (Å²) >= 11 is 4.70. The molecule has 1 saturated heterocycles. The molecule has 2 rings (SSSR count). The predicted molar refractivity (Wildman–Crippen MR) is 68.3 cm³/mol. The highest BCUT2D eigenvalue weighted by Gasteiger charge is 2.26. The van der Waals surface area contributed by atoms with E-state index in [9.17, 15) is 0 Å². The van der Waals surface area contributed by atoms with Crippen LogP contribution in [0.1, 0.15) is 25.3 Å². The molecule has 1 nitrogen and oxygen atoms in total. The first-order valence-electron chi connectivity index (χ1n) is 5.64. The van der Waals surface area contributed by atoms with Gasteiger partial charge in [-0.2, -0.15) is 12.6 Å². The highest BCUT2D eigenvalue weighted by atomic mass is 32.1. The van der Waals surface area contributed by atoms with Crippen LogP contribution in [0, 0.1) is 0 Å². The first kappa shape index (κ1) is 11.0. The lowest BCUT2D eigenvalue weighted by Gasteiger charge is -2.37. The molecule has 1 aliphatic rings. The van der Waals surface area contributed by atoms with Gasteiger partial charge in [0, 0.05) is 17.8 Å². The van der Waals surface area contributed by atoms with Crippen LogP contribution in [0.3, 0.4) is 0 Å². The lowest BCUT2D eigenvalue weighted by molar-refractivity contribution is 0.194. The Morgan fingerprint density at radius 1 is 1.33 bits per heavy atom. The monoisotopic (exact) mass is 221 g/mol. The summed E-state index contributed by atoms with van der Waals surface area (Å²) in [4.78, 5) is 2.51. The molecule has 0 saturated carbocycles. The van der Waals surface area contributed by atoms with Crippen LogP contribution in [0.25, 0.3) is 0 Å². The minimum atomic E-state index is 0.201. The van der Waals surface area contributed by atoms with E-state index in [2.05, 4.69) is 42.2 Å². The summed E-state index contributed by atoms with van der Waals surface area (Å²) in [7, 11) is 0. The van der Waals surface area contributed by atoms with Gasteiger partial charge in [0.25, 0.3) is 0 Å². The van der Waals surface area contributed by atoms with Crippen LogP contribution in [-0.4, -0.2) is 22.7 Å². The second-order valence-electron chi connectivity index (χ2n) is 4.80. The second-order valence-corrected chi connectivity index (χ2v) is 5.88. The van der Waals surface area contributed by atoms with Crippen LogP contribution >= 0.6 is 12.6 Å². The van der Waals surface area contributed by atoms with Crippen molar-refractivity contribution >= 4 is 12.6 Å². The number of nitrogens with zero attached hydrogens (tertiary/aromatic N) is 1. The van der Waals surface area contributed by atoms with Gasteiger partial charge in [-0.1, -0.05) is 30.3 Å². The number of benzene rings is 1. The summed E-state index contributed by atoms with van der Waals surface area (Å²) in [6.07, 6.45) is 2.51. The lowest BCUT2D eigenvalue weighted by atomic mass is 9.98. The first-order valence-corrected chi connectivity index (χ1v) is 6.09. The van der Waals surface area contributed by atoms with Crippen LogP contribution in [0.15, 0.2) is 30.3 Å². The van der Waals surface area contributed by atoms with Gasteiger partial charge in [0.15, 0.2) is 0 Å². The van der Waals surface area contributed by atoms with E-state index in [1.54, 1.807) is 0 Å². The molecule has 1 aliphatic heterocycles. The molecule has 0 unspecified atom stereocenters. The van der Waals surface area contributed by atoms with E-state index in [4.69, 9.17) is 12.6 Å². The quantitative estimate of drug-likeness (QED) is 0.751. The van der Waals surface area contributed by atoms with E-state index in [1.807, 2.05) is 0 Å². The number of thiol groups is 1. The van der Waals surface area contributed by atoms with E-state index in [0.29, 0.717) is 0 Å². The summed E-state index contributed by atoms with van der Waals surface area (Å²) in [5, 5.41) is 0. The van der Waals surface area contributed by atoms with Crippen LogP contribution < -0.4 is 0 Å². The molecule has 1 heterocycles. The van der Waals surface area contributed by atoms with Crippen LogP contribution in [0.4, 0.5) is 0 Å². The fourth-order valence-corrected chi connectivity index (χ4v) is 2.66. The van der Waals surface area contributed by atoms with Crippen molar-refractivity contribution < 1.29 is 0 Å². The van der Waals surface area contributed by atoms with Crippen molar-refractivity contribution in [2.75, 3.05) is 13.1 Å². The molecule has 0 bridgehead atoms. The maximum atomic E-state index is 4.70. The summed E-state index contributed by atoms with van der Waals surface area (Å²) < 4.78 is 0.201. The van der Waals surface area contributed by atoms with E-state index < -0.39 is 0 Å². The molecule has 2 heteroatoms. The number of hydrogen-bond donors (Lipinski definition) is 1. The zero-order valence-electron chi connectivity index (χ0n) is 9.32. The molecule has 82 valence electrons. The van der Waals surface area contributed by atoms with Gasteiger partial charge >= 0.3 is 0 Å². The fraction of sp³-hybridized carbons (Fsp3) is 0.538. The summed E-state index contributed by atoms with van der Waals surface area (Å²) in [6.45, 7) is 5.63. The van der Waals surface area contributed by atoms with Crippen molar-refractivity contribution in [3.05, 3.63) is 35.9 Å². The lowest BCUT2D eigenvalue weighted by Crippen LogP contribution is -2.42. The summed E-state index contributed by atoms with van der Waals surface area (Å²) in [6, 6.07) is 10.7. The van der Waals surface area contributed by atoms with Gasteiger partial charge in [0.1, 0.15) is 0 Å². The smallest absolute Gasteiger partial charge is 0.0234 e. The molecular weight excluding hydrogens is 202 g/mol. The van der Waals surface area contributed by atoms with E-state index in [0.717, 1.165) is 13.1 Å². The molecule has 0 aromatic heterocycles. The van der Waals surface area contributed by atoms with E-state index in [1.165, 1.54) is 24.9 Å². The van der Waals surface area contributed by atoms with Gasteiger partial charge in [-0.3, -0.25) is 4.90 Å². The van der Waals surface area contributed by atoms with Gasteiger partial charge in [0.05, 0.1) is 0 Å². The Hall–Kier alpha value is -0.470. The van der Waals surface area contributed by atoms with Crippen molar-refractivity contribution in [2.24, 2.45) is 0 Å². The Balaban J connectivity index is 1.95. The van der Waals surface area contributed by atoms with Crippen molar-refractivity contribution in [1.29, 1.82) is 0 Å². The van der Waals surface area contributed by atoms with Gasteiger partial charge in [0.2, 0.25) is 0 Å². The third-order valence-electron chi connectivity index (χ3n) is 3.00. The van der Waals surface area contributed by atoms with E-state index >= 15 is 0 Å². The zero-order chi connectivity index (χ0) is 10.7. The van der Waals surface area contributed by atoms with Gasteiger partial charge in [-0.25, -0.2) is 0 Å². The minimum Gasteiger partial charge on any atom is -0.298 e. The molecule has 0 radical (unpaired) electrons. The molecule has 15 heavy (non-hydrogen) atoms. The highest BCUT2D eigenvalue weighted by Crippen LogP contribution is 2.27. The van der Waals surface area contributed by atoms with Crippen LogP contribution in [0.5, 0.6) is 0 Å². The second kappa shape index (κ2) is 4.58. The summed E-state index contributed by atoms with van der Waals surface area (Å²) in [5.74, 6) is 0. The molecule has 0 amide bonds. The molecule has 1 aromatic rings. The largest absolute Gasteiger partial charge is 0.298 e. The Morgan fingerprint density at radius 3 is 2.73 bits per heavy atom. The Kier molecular flexibility index (Phi) is 3.37. The third kappa shape index (κ3) is 3.25. The zero-order valence-corrected chi connectivity index (χ0v) is 10.2. The maximum Gasteiger partial charge on any atom is 0.0234 e. The first-order chi connectivity index (χ1) is 7.16. The molecule has 0 N–H and O–H groups in total. The Labute approximate surface area is 97.9 Å². The van der Waals surface area contributed by atoms with Gasteiger partial charge < -0.3 is 0 Å². The molecule has 1 aromatic carbocycles. The molecule has 1 atom stereocenters. The van der Waals surface area contributed by atoms with Crippen molar-refractivity contribution in [1.82, 2.24) is 4.90 Å². The molecular formula is C13H19NS. The molecule has 0 aliphatic carbocycles. The number of rotatable bonds is 2. The van der Waals surface area contributed by atoms with Crippen LogP contribution in [0.2, 0.25) is 0 Å². The number of hydrogen-bond acceptors (Lipinski definition) is 2. The Morgan fingerprint density at radius 2 is 2.07 bits per heavy atom.